The Balaban J connectivity index is 1.78. The smallest absolute Gasteiger partial charge is 0.303 e. The lowest BCUT2D eigenvalue weighted by Crippen LogP contribution is -2.23. The van der Waals surface area contributed by atoms with Crippen molar-refractivity contribution in [2.75, 3.05) is 18.0 Å². The molecule has 6 heteroatoms. The van der Waals surface area contributed by atoms with Gasteiger partial charge in [-0.25, -0.2) is 9.97 Å². The van der Waals surface area contributed by atoms with E-state index in [0.717, 1.165) is 22.3 Å². The molecule has 0 radical (unpaired) electrons. The van der Waals surface area contributed by atoms with Crippen LogP contribution in [0.3, 0.4) is 0 Å². The summed E-state index contributed by atoms with van der Waals surface area (Å²) in [5, 5.41) is 20.2. The summed E-state index contributed by atoms with van der Waals surface area (Å²) in [6.07, 6.45) is -0.730. The molecule has 0 bridgehead atoms. The first-order valence-electron chi connectivity index (χ1n) is 8.59. The summed E-state index contributed by atoms with van der Waals surface area (Å²) < 4.78 is 0. The van der Waals surface area contributed by atoms with Crippen LogP contribution in [0.15, 0.2) is 54.6 Å². The van der Waals surface area contributed by atoms with E-state index in [0.29, 0.717) is 18.9 Å². The Hall–Kier alpha value is -2.99. The van der Waals surface area contributed by atoms with Crippen LogP contribution in [-0.2, 0) is 4.79 Å². The molecule has 2 aromatic carbocycles. The van der Waals surface area contributed by atoms with E-state index in [4.69, 9.17) is 10.1 Å². The van der Waals surface area contributed by atoms with Gasteiger partial charge in [0.15, 0.2) is 5.82 Å². The average molecular weight is 349 g/mol. The third kappa shape index (κ3) is 3.11. The molecule has 3 aromatic rings. The number of hydrogen-bond donors (Lipinski definition) is 2. The molecule has 26 heavy (non-hydrogen) atoms. The van der Waals surface area contributed by atoms with Crippen molar-refractivity contribution in [3.8, 4) is 11.4 Å². The van der Waals surface area contributed by atoms with E-state index in [-0.39, 0.29) is 12.3 Å². The van der Waals surface area contributed by atoms with Crippen LogP contribution in [0, 0.1) is 5.92 Å². The molecule has 1 aliphatic heterocycles. The Labute approximate surface area is 150 Å². The zero-order valence-electron chi connectivity index (χ0n) is 14.1. The summed E-state index contributed by atoms with van der Waals surface area (Å²) >= 11 is 0. The number of aliphatic hydroxyl groups excluding tert-OH is 1. The highest BCUT2D eigenvalue weighted by Gasteiger charge is 2.34. The van der Waals surface area contributed by atoms with Crippen LogP contribution in [0.5, 0.6) is 0 Å². The quantitative estimate of drug-likeness (QED) is 0.753. The Kier molecular flexibility index (Phi) is 4.26. The molecule has 1 aromatic heterocycles. The van der Waals surface area contributed by atoms with Gasteiger partial charge in [0, 0.05) is 30.0 Å². The van der Waals surface area contributed by atoms with Crippen molar-refractivity contribution in [3.05, 3.63) is 54.6 Å². The number of hydrogen-bond acceptors (Lipinski definition) is 5. The minimum Gasteiger partial charge on any atom is -0.481 e. The summed E-state index contributed by atoms with van der Waals surface area (Å²) in [4.78, 5) is 22.4. The third-order valence-corrected chi connectivity index (χ3v) is 4.76. The lowest BCUT2D eigenvalue weighted by atomic mass is 10.0. The van der Waals surface area contributed by atoms with Crippen molar-refractivity contribution in [2.45, 2.75) is 12.5 Å². The number of para-hydroxylation sites is 1. The molecule has 0 unspecified atom stereocenters. The molecule has 0 saturated carbocycles. The zero-order valence-corrected chi connectivity index (χ0v) is 14.1. The lowest BCUT2D eigenvalue weighted by Gasteiger charge is -2.20. The van der Waals surface area contributed by atoms with Crippen LogP contribution in [0.2, 0.25) is 0 Å². The summed E-state index contributed by atoms with van der Waals surface area (Å²) in [6.45, 7) is 0.829. The van der Waals surface area contributed by atoms with Gasteiger partial charge in [-0.15, -0.1) is 0 Å². The minimum atomic E-state index is -0.895. The maximum Gasteiger partial charge on any atom is 0.303 e. The predicted octanol–water partition coefficient (Wildman–Crippen LogP) is 2.57. The van der Waals surface area contributed by atoms with E-state index < -0.39 is 12.1 Å². The van der Waals surface area contributed by atoms with Gasteiger partial charge in [0.25, 0.3) is 0 Å². The van der Waals surface area contributed by atoms with Crippen LogP contribution in [0.1, 0.15) is 6.42 Å². The zero-order chi connectivity index (χ0) is 18.1. The van der Waals surface area contributed by atoms with E-state index in [2.05, 4.69) is 4.98 Å². The van der Waals surface area contributed by atoms with Gasteiger partial charge >= 0.3 is 5.97 Å². The van der Waals surface area contributed by atoms with Gasteiger partial charge in [0.05, 0.1) is 18.0 Å². The number of rotatable bonds is 4. The predicted molar refractivity (Wildman–Crippen MR) is 98.9 cm³/mol. The number of carbonyl (C=O) groups is 1. The number of aromatic nitrogens is 2. The van der Waals surface area contributed by atoms with Crippen LogP contribution in [0.4, 0.5) is 5.82 Å². The first-order valence-corrected chi connectivity index (χ1v) is 8.59. The molecule has 1 aliphatic rings. The van der Waals surface area contributed by atoms with E-state index in [1.807, 2.05) is 59.5 Å². The molecule has 1 saturated heterocycles. The molecular weight excluding hydrogens is 330 g/mol. The third-order valence-electron chi connectivity index (χ3n) is 4.76. The van der Waals surface area contributed by atoms with Gasteiger partial charge in [-0.2, -0.15) is 0 Å². The first kappa shape index (κ1) is 16.5. The van der Waals surface area contributed by atoms with Crippen LogP contribution in [0.25, 0.3) is 22.3 Å². The standard InChI is InChI=1S/C20H19N3O3/c24-17-12-23(11-14(17)10-18(25)26)20-15-8-4-5-9-16(15)21-19(22-20)13-6-2-1-3-7-13/h1-9,14,17,24H,10-12H2,(H,25,26)/t14-,17-/m1/s1. The summed E-state index contributed by atoms with van der Waals surface area (Å²) in [6, 6.07) is 17.5. The van der Waals surface area contributed by atoms with Crippen molar-refractivity contribution < 1.29 is 15.0 Å². The second kappa shape index (κ2) is 6.72. The van der Waals surface area contributed by atoms with Crippen molar-refractivity contribution in [2.24, 2.45) is 5.92 Å². The molecule has 1 fully saturated rings. The fraction of sp³-hybridized carbons (Fsp3) is 0.250. The number of β-amino-alcohol motifs (C(OH)–C–C–N with tert-alkyl or cyclic N) is 1. The molecule has 2 N–H and O–H groups in total. The van der Waals surface area contributed by atoms with Crippen molar-refractivity contribution in [1.29, 1.82) is 0 Å². The summed E-state index contributed by atoms with van der Waals surface area (Å²) in [5.41, 5.74) is 1.74. The Morgan fingerprint density at radius 3 is 2.54 bits per heavy atom. The van der Waals surface area contributed by atoms with Gasteiger partial charge in [-0.1, -0.05) is 42.5 Å². The molecule has 2 heterocycles. The first-order chi connectivity index (χ1) is 12.6. The number of carboxylic acids is 1. The highest BCUT2D eigenvalue weighted by Crippen LogP contribution is 2.32. The Bertz CT molecular complexity index is 945. The topological polar surface area (TPSA) is 86.5 Å². The number of aliphatic carboxylic acids is 1. The number of fused-ring (bicyclic) bond motifs is 1. The van der Waals surface area contributed by atoms with Crippen molar-refractivity contribution in [3.63, 3.8) is 0 Å². The molecule has 4 rings (SSSR count). The second-order valence-electron chi connectivity index (χ2n) is 6.58. The van der Waals surface area contributed by atoms with E-state index in [1.165, 1.54) is 0 Å². The second-order valence-corrected chi connectivity index (χ2v) is 6.58. The van der Waals surface area contributed by atoms with Crippen molar-refractivity contribution in [1.82, 2.24) is 9.97 Å². The lowest BCUT2D eigenvalue weighted by molar-refractivity contribution is -0.138. The summed E-state index contributed by atoms with van der Waals surface area (Å²) in [5.74, 6) is 0.159. The maximum atomic E-state index is 11.0. The number of carboxylic acid groups (broad SMARTS) is 1. The molecule has 6 nitrogen and oxygen atoms in total. The maximum absolute atomic E-state index is 11.0. The average Bonchev–Trinajstić information content (AvgIpc) is 3.01. The Morgan fingerprint density at radius 2 is 1.77 bits per heavy atom. The normalized spacial score (nSPS) is 19.8. The minimum absolute atomic E-state index is 0.0494. The molecule has 0 amide bonds. The molecule has 0 aliphatic carbocycles. The number of benzene rings is 2. The van der Waals surface area contributed by atoms with Gasteiger partial charge in [0.1, 0.15) is 5.82 Å². The highest BCUT2D eigenvalue weighted by atomic mass is 16.4. The number of aliphatic hydroxyl groups is 1. The van der Waals surface area contributed by atoms with E-state index in [1.54, 1.807) is 0 Å². The molecule has 2 atom stereocenters. The van der Waals surface area contributed by atoms with Crippen molar-refractivity contribution >= 4 is 22.7 Å². The van der Waals surface area contributed by atoms with Gasteiger partial charge < -0.3 is 15.1 Å². The van der Waals surface area contributed by atoms with Gasteiger partial charge in [0.2, 0.25) is 0 Å². The SMILES string of the molecule is O=C(O)C[C@@H]1CN(c2nc(-c3ccccc3)nc3ccccc23)C[C@H]1O. The molecule has 132 valence electrons. The Morgan fingerprint density at radius 1 is 1.04 bits per heavy atom. The summed E-state index contributed by atoms with van der Waals surface area (Å²) in [7, 11) is 0. The van der Waals surface area contributed by atoms with Gasteiger partial charge in [-0.05, 0) is 12.1 Å². The number of anilines is 1. The fourth-order valence-electron chi connectivity index (χ4n) is 3.47. The molecule has 0 spiro atoms. The van der Waals surface area contributed by atoms with Gasteiger partial charge in [-0.3, -0.25) is 4.79 Å². The van der Waals surface area contributed by atoms with Crippen LogP contribution >= 0.6 is 0 Å². The molecular formula is C20H19N3O3. The fourth-order valence-corrected chi connectivity index (χ4v) is 3.47. The van der Waals surface area contributed by atoms with E-state index in [9.17, 15) is 9.90 Å². The highest BCUT2D eigenvalue weighted by molar-refractivity contribution is 5.91. The monoisotopic (exact) mass is 349 g/mol. The van der Waals surface area contributed by atoms with E-state index >= 15 is 0 Å². The largest absolute Gasteiger partial charge is 0.481 e. The number of nitrogens with zero attached hydrogens (tertiary/aromatic N) is 3. The van der Waals surface area contributed by atoms with Crippen LogP contribution in [-0.4, -0.2) is 45.3 Å². The van der Waals surface area contributed by atoms with Crippen LogP contribution < -0.4 is 4.90 Å².